The molecular formula is C12H22N2O3. The second-order valence-corrected chi connectivity index (χ2v) is 5.84. The van der Waals surface area contributed by atoms with E-state index in [1.165, 1.54) is 4.90 Å². The largest absolute Gasteiger partial charge is 0.480 e. The standard InChI is InChI=1S/C12H22N2O3/c1-11(2,12(3,4)13)10(17)14-7-5-6-8(14)9(15)16/h8H,5-7,13H2,1-4H3,(H,15,16)/t8-/m1/s1. The number of likely N-dealkylation sites (tertiary alicyclic amines) is 1. The highest BCUT2D eigenvalue weighted by atomic mass is 16.4. The Hall–Kier alpha value is -1.10. The zero-order valence-electron chi connectivity index (χ0n) is 11.0. The van der Waals surface area contributed by atoms with E-state index < -0.39 is 23.0 Å². The van der Waals surface area contributed by atoms with Crippen molar-refractivity contribution in [2.75, 3.05) is 6.54 Å². The average molecular weight is 242 g/mol. The van der Waals surface area contributed by atoms with Crippen LogP contribution in [0.25, 0.3) is 0 Å². The van der Waals surface area contributed by atoms with Crippen LogP contribution >= 0.6 is 0 Å². The topological polar surface area (TPSA) is 83.6 Å². The van der Waals surface area contributed by atoms with Crippen molar-refractivity contribution < 1.29 is 14.7 Å². The van der Waals surface area contributed by atoms with E-state index in [1.54, 1.807) is 27.7 Å². The van der Waals surface area contributed by atoms with Gasteiger partial charge in [-0.05, 0) is 40.5 Å². The van der Waals surface area contributed by atoms with E-state index in [4.69, 9.17) is 10.8 Å². The summed E-state index contributed by atoms with van der Waals surface area (Å²) < 4.78 is 0. The summed E-state index contributed by atoms with van der Waals surface area (Å²) in [6, 6.07) is -0.691. The molecule has 1 aliphatic heterocycles. The number of carboxylic acids is 1. The van der Waals surface area contributed by atoms with Crippen LogP contribution in [0.3, 0.4) is 0 Å². The maximum atomic E-state index is 12.4. The molecule has 5 heteroatoms. The van der Waals surface area contributed by atoms with Crippen molar-refractivity contribution in [3.8, 4) is 0 Å². The van der Waals surface area contributed by atoms with Gasteiger partial charge in [0.25, 0.3) is 0 Å². The van der Waals surface area contributed by atoms with Crippen LogP contribution in [0.15, 0.2) is 0 Å². The van der Waals surface area contributed by atoms with Gasteiger partial charge in [-0.2, -0.15) is 0 Å². The molecule has 1 amide bonds. The minimum Gasteiger partial charge on any atom is -0.480 e. The van der Waals surface area contributed by atoms with E-state index in [0.29, 0.717) is 13.0 Å². The van der Waals surface area contributed by atoms with Crippen molar-refractivity contribution in [3.05, 3.63) is 0 Å². The van der Waals surface area contributed by atoms with Gasteiger partial charge in [0.1, 0.15) is 6.04 Å². The minimum absolute atomic E-state index is 0.171. The second-order valence-electron chi connectivity index (χ2n) is 5.84. The van der Waals surface area contributed by atoms with E-state index in [9.17, 15) is 9.59 Å². The molecule has 0 aromatic rings. The molecular weight excluding hydrogens is 220 g/mol. The van der Waals surface area contributed by atoms with Gasteiger partial charge in [0.15, 0.2) is 0 Å². The molecule has 1 saturated heterocycles. The first-order valence-electron chi connectivity index (χ1n) is 5.92. The van der Waals surface area contributed by atoms with Crippen molar-refractivity contribution in [3.63, 3.8) is 0 Å². The monoisotopic (exact) mass is 242 g/mol. The molecule has 0 saturated carbocycles. The number of carboxylic acid groups (broad SMARTS) is 1. The number of carbonyl (C=O) groups excluding carboxylic acids is 1. The van der Waals surface area contributed by atoms with E-state index in [1.807, 2.05) is 0 Å². The van der Waals surface area contributed by atoms with Crippen LogP contribution in [0.4, 0.5) is 0 Å². The summed E-state index contributed by atoms with van der Waals surface area (Å²) in [5.74, 6) is -1.10. The fourth-order valence-corrected chi connectivity index (χ4v) is 1.90. The number of hydrogen-bond donors (Lipinski definition) is 2. The zero-order valence-corrected chi connectivity index (χ0v) is 11.0. The van der Waals surface area contributed by atoms with Crippen LogP contribution in [0.5, 0.6) is 0 Å². The summed E-state index contributed by atoms with van der Waals surface area (Å²) in [6.07, 6.45) is 1.27. The van der Waals surface area contributed by atoms with Gasteiger partial charge in [0.05, 0.1) is 5.41 Å². The number of nitrogens with two attached hydrogens (primary N) is 1. The SMILES string of the molecule is CC(C)(N)C(C)(C)C(=O)N1CCC[C@@H]1C(=O)O. The number of hydrogen-bond acceptors (Lipinski definition) is 3. The Morgan fingerprint density at radius 1 is 1.29 bits per heavy atom. The smallest absolute Gasteiger partial charge is 0.326 e. The Labute approximate surface area is 102 Å². The molecule has 98 valence electrons. The van der Waals surface area contributed by atoms with Gasteiger partial charge >= 0.3 is 5.97 Å². The highest BCUT2D eigenvalue weighted by Crippen LogP contribution is 2.33. The molecule has 1 aliphatic rings. The number of carbonyl (C=O) groups is 2. The lowest BCUT2D eigenvalue weighted by Gasteiger charge is -2.40. The van der Waals surface area contributed by atoms with Crippen molar-refractivity contribution in [1.82, 2.24) is 4.90 Å². The van der Waals surface area contributed by atoms with Crippen LogP contribution in [0, 0.1) is 5.41 Å². The molecule has 3 N–H and O–H groups in total. The average Bonchev–Trinajstić information content (AvgIpc) is 2.62. The van der Waals surface area contributed by atoms with E-state index in [2.05, 4.69) is 0 Å². The van der Waals surface area contributed by atoms with Gasteiger partial charge in [0.2, 0.25) is 5.91 Å². The van der Waals surface area contributed by atoms with Crippen LogP contribution in [-0.2, 0) is 9.59 Å². The Morgan fingerprint density at radius 2 is 1.82 bits per heavy atom. The van der Waals surface area contributed by atoms with Crippen LogP contribution < -0.4 is 5.73 Å². The predicted octanol–water partition coefficient (Wildman–Crippen LogP) is 0.825. The van der Waals surface area contributed by atoms with Gasteiger partial charge in [-0.1, -0.05) is 0 Å². The van der Waals surface area contributed by atoms with E-state index >= 15 is 0 Å². The fraction of sp³-hybridized carbons (Fsp3) is 0.833. The third-order valence-corrected chi connectivity index (χ3v) is 3.94. The molecule has 1 fully saturated rings. The molecule has 0 aliphatic carbocycles. The Bertz CT molecular complexity index is 331. The summed E-state index contributed by atoms with van der Waals surface area (Å²) in [7, 11) is 0. The maximum absolute atomic E-state index is 12.4. The maximum Gasteiger partial charge on any atom is 0.326 e. The molecule has 0 aromatic heterocycles. The minimum atomic E-state index is -0.929. The highest BCUT2D eigenvalue weighted by Gasteiger charge is 2.46. The van der Waals surface area contributed by atoms with Gasteiger partial charge in [0, 0.05) is 12.1 Å². The van der Waals surface area contributed by atoms with E-state index in [0.717, 1.165) is 6.42 Å². The molecule has 1 heterocycles. The van der Waals surface area contributed by atoms with Crippen molar-refractivity contribution in [1.29, 1.82) is 0 Å². The zero-order chi connectivity index (χ0) is 13.4. The number of rotatable bonds is 3. The second kappa shape index (κ2) is 4.29. The Kier molecular flexibility index (Phi) is 3.52. The molecule has 0 spiro atoms. The summed E-state index contributed by atoms with van der Waals surface area (Å²) in [5.41, 5.74) is 4.55. The molecule has 0 bridgehead atoms. The van der Waals surface area contributed by atoms with Gasteiger partial charge < -0.3 is 15.7 Å². The normalized spacial score (nSPS) is 21.7. The van der Waals surface area contributed by atoms with Crippen LogP contribution in [-0.4, -0.2) is 40.0 Å². The summed E-state index contributed by atoms with van der Waals surface area (Å²) in [5, 5.41) is 9.08. The quantitative estimate of drug-likeness (QED) is 0.767. The lowest BCUT2D eigenvalue weighted by atomic mass is 9.74. The third-order valence-electron chi connectivity index (χ3n) is 3.94. The van der Waals surface area contributed by atoms with Gasteiger partial charge in [-0.25, -0.2) is 4.79 Å². The van der Waals surface area contributed by atoms with Gasteiger partial charge in [-0.3, -0.25) is 4.79 Å². The molecule has 1 rings (SSSR count). The molecule has 1 atom stereocenters. The van der Waals surface area contributed by atoms with Gasteiger partial charge in [-0.15, -0.1) is 0 Å². The molecule has 5 nitrogen and oxygen atoms in total. The van der Waals surface area contributed by atoms with Crippen LogP contribution in [0.1, 0.15) is 40.5 Å². The van der Waals surface area contributed by atoms with Crippen molar-refractivity contribution in [2.45, 2.75) is 52.1 Å². The van der Waals surface area contributed by atoms with E-state index in [-0.39, 0.29) is 5.91 Å². The molecule has 0 aromatic carbocycles. The number of nitrogens with zero attached hydrogens (tertiary/aromatic N) is 1. The van der Waals surface area contributed by atoms with Crippen molar-refractivity contribution in [2.24, 2.45) is 11.1 Å². The molecule has 17 heavy (non-hydrogen) atoms. The molecule has 0 unspecified atom stereocenters. The van der Waals surface area contributed by atoms with Crippen molar-refractivity contribution >= 4 is 11.9 Å². The first kappa shape index (κ1) is 14.0. The van der Waals surface area contributed by atoms with Crippen LogP contribution in [0.2, 0.25) is 0 Å². The number of amides is 1. The summed E-state index contributed by atoms with van der Waals surface area (Å²) >= 11 is 0. The summed E-state index contributed by atoms with van der Waals surface area (Å²) in [4.78, 5) is 24.9. The first-order chi connectivity index (χ1) is 7.59. The lowest BCUT2D eigenvalue weighted by molar-refractivity contribution is -0.154. The Balaban J connectivity index is 2.94. The number of aliphatic carboxylic acids is 1. The third kappa shape index (κ3) is 2.44. The fourth-order valence-electron chi connectivity index (χ4n) is 1.90. The predicted molar refractivity (Wildman–Crippen MR) is 64.4 cm³/mol. The highest BCUT2D eigenvalue weighted by molar-refractivity contribution is 5.88. The summed E-state index contributed by atoms with van der Waals surface area (Å²) in [6.45, 7) is 7.63. The Morgan fingerprint density at radius 3 is 2.24 bits per heavy atom. The first-order valence-corrected chi connectivity index (χ1v) is 5.92. The lowest BCUT2D eigenvalue weighted by Crippen LogP contribution is -2.58. The molecule has 0 radical (unpaired) electrons.